The average molecular weight is 499 g/mol. The summed E-state index contributed by atoms with van der Waals surface area (Å²) in [5.41, 5.74) is 4.39. The number of hydrogen-bond acceptors (Lipinski definition) is 5. The van der Waals surface area contributed by atoms with Crippen LogP contribution in [0.2, 0.25) is 5.02 Å². The number of aliphatic imine (C=N–C) groups is 1. The zero-order valence-corrected chi connectivity index (χ0v) is 22.0. The second-order valence-corrected chi connectivity index (χ2v) is 8.29. The highest BCUT2D eigenvalue weighted by molar-refractivity contribution is 6.30. The van der Waals surface area contributed by atoms with Crippen molar-refractivity contribution in [3.05, 3.63) is 76.5 Å². The van der Waals surface area contributed by atoms with Crippen molar-refractivity contribution >= 4 is 29.0 Å². The molecule has 0 aromatic heterocycles. The van der Waals surface area contributed by atoms with Crippen LogP contribution in [0.4, 0.5) is 0 Å². The normalized spacial score (nSPS) is 11.7. The molecule has 0 aliphatic carbocycles. The number of amides is 1. The van der Waals surface area contributed by atoms with Crippen molar-refractivity contribution in [2.75, 3.05) is 27.4 Å². The second-order valence-electron chi connectivity index (χ2n) is 7.85. The molecule has 0 bridgehead atoms. The van der Waals surface area contributed by atoms with E-state index in [0.29, 0.717) is 48.4 Å². The predicted octanol–water partition coefficient (Wildman–Crippen LogP) is 6.16. The molecule has 188 valence electrons. The number of allylic oxidation sites excluding steroid dienone is 1. The molecule has 0 aliphatic rings. The lowest BCUT2D eigenvalue weighted by Crippen LogP contribution is -2.26. The van der Waals surface area contributed by atoms with E-state index in [1.165, 1.54) is 0 Å². The summed E-state index contributed by atoms with van der Waals surface area (Å²) in [4.78, 5) is 17.0. The van der Waals surface area contributed by atoms with Crippen LogP contribution >= 0.6 is 11.6 Å². The molecule has 35 heavy (non-hydrogen) atoms. The van der Waals surface area contributed by atoms with Gasteiger partial charge in [-0.1, -0.05) is 43.3 Å². The van der Waals surface area contributed by atoms with Crippen molar-refractivity contribution in [3.63, 3.8) is 0 Å². The largest absolute Gasteiger partial charge is 0.493 e. The molecule has 0 atom stereocenters. The SMILES string of the molecule is C=C(/N=C(/Cc1ccc(OC)c(OC)c1)OCC)C(=O)NCC/C(=C/CC)c1cc(Cl)ccc1C. The van der Waals surface area contributed by atoms with Gasteiger partial charge in [0.2, 0.25) is 0 Å². The first kappa shape index (κ1) is 28.0. The minimum Gasteiger partial charge on any atom is -0.493 e. The fraction of sp³-hybridized carbons (Fsp3) is 0.357. The molecule has 0 fully saturated rings. The van der Waals surface area contributed by atoms with Gasteiger partial charge in [0.15, 0.2) is 17.4 Å². The summed E-state index contributed by atoms with van der Waals surface area (Å²) in [5.74, 6) is 1.32. The van der Waals surface area contributed by atoms with Gasteiger partial charge in [-0.25, -0.2) is 4.99 Å². The molecule has 0 saturated carbocycles. The number of nitrogens with one attached hydrogen (secondary N) is 1. The van der Waals surface area contributed by atoms with Crippen molar-refractivity contribution < 1.29 is 19.0 Å². The highest BCUT2D eigenvalue weighted by Gasteiger charge is 2.12. The lowest BCUT2D eigenvalue weighted by molar-refractivity contribution is -0.117. The summed E-state index contributed by atoms with van der Waals surface area (Å²) in [6.07, 6.45) is 4.11. The van der Waals surface area contributed by atoms with E-state index in [9.17, 15) is 4.79 Å². The maximum Gasteiger partial charge on any atom is 0.269 e. The fourth-order valence-corrected chi connectivity index (χ4v) is 3.77. The van der Waals surface area contributed by atoms with E-state index in [4.69, 9.17) is 25.8 Å². The van der Waals surface area contributed by atoms with Crippen molar-refractivity contribution in [1.82, 2.24) is 5.32 Å². The lowest BCUT2D eigenvalue weighted by atomic mass is 9.97. The Morgan fingerprint density at radius 3 is 2.51 bits per heavy atom. The average Bonchev–Trinajstić information content (AvgIpc) is 2.84. The molecule has 2 rings (SSSR count). The summed E-state index contributed by atoms with van der Waals surface area (Å²) in [5, 5.41) is 3.60. The highest BCUT2D eigenvalue weighted by atomic mass is 35.5. The topological polar surface area (TPSA) is 69.1 Å². The van der Waals surface area contributed by atoms with Gasteiger partial charge in [-0.15, -0.1) is 0 Å². The molecule has 0 aliphatic heterocycles. The van der Waals surface area contributed by atoms with E-state index < -0.39 is 0 Å². The third-order valence-corrected chi connectivity index (χ3v) is 5.55. The van der Waals surface area contributed by atoms with Crippen LogP contribution in [0.15, 0.2) is 59.7 Å². The predicted molar refractivity (Wildman–Crippen MR) is 144 cm³/mol. The molecule has 7 heteroatoms. The smallest absolute Gasteiger partial charge is 0.269 e. The number of nitrogens with zero attached hydrogens (tertiary/aromatic N) is 1. The van der Waals surface area contributed by atoms with Crippen LogP contribution in [0, 0.1) is 6.92 Å². The zero-order valence-electron chi connectivity index (χ0n) is 21.2. The van der Waals surface area contributed by atoms with E-state index >= 15 is 0 Å². The van der Waals surface area contributed by atoms with Gasteiger partial charge >= 0.3 is 0 Å². The molecule has 0 spiro atoms. The van der Waals surface area contributed by atoms with E-state index in [2.05, 4.69) is 36.8 Å². The Balaban J connectivity index is 2.05. The Bertz CT molecular complexity index is 1090. The van der Waals surface area contributed by atoms with Crippen LogP contribution in [0.5, 0.6) is 11.5 Å². The summed E-state index contributed by atoms with van der Waals surface area (Å²) < 4.78 is 16.3. The molecule has 2 aromatic rings. The molecule has 2 aromatic carbocycles. The minimum absolute atomic E-state index is 0.0916. The molecule has 0 heterocycles. The van der Waals surface area contributed by atoms with Gasteiger partial charge in [0.25, 0.3) is 5.91 Å². The highest BCUT2D eigenvalue weighted by Crippen LogP contribution is 2.28. The van der Waals surface area contributed by atoms with Crippen LogP contribution in [-0.4, -0.2) is 39.2 Å². The van der Waals surface area contributed by atoms with E-state index in [1.54, 1.807) is 14.2 Å². The summed E-state index contributed by atoms with van der Waals surface area (Å²) in [7, 11) is 3.17. The second kappa shape index (κ2) is 14.2. The van der Waals surface area contributed by atoms with Gasteiger partial charge in [0.1, 0.15) is 5.70 Å². The Morgan fingerprint density at radius 2 is 1.86 bits per heavy atom. The zero-order chi connectivity index (χ0) is 25.8. The number of halogens is 1. The number of carbonyl (C=O) groups is 1. The molecule has 1 amide bonds. The minimum atomic E-state index is -0.340. The molecule has 1 N–H and O–H groups in total. The Hall–Kier alpha value is -3.25. The van der Waals surface area contributed by atoms with Gasteiger partial charge in [-0.05, 0) is 73.2 Å². The Morgan fingerprint density at radius 1 is 1.11 bits per heavy atom. The Kier molecular flexibility index (Phi) is 11.4. The van der Waals surface area contributed by atoms with Crippen molar-refractivity contribution in [3.8, 4) is 11.5 Å². The maximum atomic E-state index is 12.7. The molecule has 0 radical (unpaired) electrons. The van der Waals surface area contributed by atoms with Gasteiger partial charge in [-0.3, -0.25) is 4.79 Å². The van der Waals surface area contributed by atoms with Gasteiger partial charge in [0.05, 0.1) is 20.8 Å². The van der Waals surface area contributed by atoms with Crippen molar-refractivity contribution in [2.45, 2.75) is 40.0 Å². The first-order valence-electron chi connectivity index (χ1n) is 11.7. The molecule has 0 saturated heterocycles. The number of methoxy groups -OCH3 is 2. The van der Waals surface area contributed by atoms with Crippen LogP contribution in [0.3, 0.4) is 0 Å². The molecule has 6 nitrogen and oxygen atoms in total. The quantitative estimate of drug-likeness (QED) is 0.216. The number of carbonyl (C=O) groups excluding carboxylic acids is 1. The third kappa shape index (κ3) is 8.48. The summed E-state index contributed by atoms with van der Waals surface area (Å²) in [6, 6.07) is 11.4. The number of rotatable bonds is 12. The number of ether oxygens (including phenoxy) is 3. The maximum absolute atomic E-state index is 12.7. The molecule has 0 unspecified atom stereocenters. The number of hydrogen-bond donors (Lipinski definition) is 1. The standard InChI is InChI=1S/C28H35ClN2O4/c1-7-9-22(24-18-23(29)12-10-19(24)3)14-15-30-28(32)20(4)31-27(35-8-2)17-21-11-13-25(33-5)26(16-21)34-6/h9-13,16,18H,4,7-8,14-15,17H2,1-3,5-6H3,(H,30,32)/b22-9-,31-27-. The van der Waals surface area contributed by atoms with E-state index in [1.807, 2.05) is 43.3 Å². The van der Waals surface area contributed by atoms with Gasteiger partial charge < -0.3 is 19.5 Å². The van der Waals surface area contributed by atoms with Crippen LogP contribution in [0.1, 0.15) is 43.4 Å². The van der Waals surface area contributed by atoms with Crippen LogP contribution in [0.25, 0.3) is 5.57 Å². The molecular formula is C28H35ClN2O4. The first-order chi connectivity index (χ1) is 16.8. The third-order valence-electron chi connectivity index (χ3n) is 5.31. The van der Waals surface area contributed by atoms with Gasteiger partial charge in [0, 0.05) is 18.0 Å². The summed E-state index contributed by atoms with van der Waals surface area (Å²) >= 11 is 6.20. The van der Waals surface area contributed by atoms with Gasteiger partial charge in [-0.2, -0.15) is 0 Å². The van der Waals surface area contributed by atoms with Crippen LogP contribution in [-0.2, 0) is 16.0 Å². The number of aryl methyl sites for hydroxylation is 1. The van der Waals surface area contributed by atoms with Crippen molar-refractivity contribution in [2.24, 2.45) is 4.99 Å². The fourth-order valence-electron chi connectivity index (χ4n) is 3.60. The molecular weight excluding hydrogens is 464 g/mol. The van der Waals surface area contributed by atoms with E-state index in [0.717, 1.165) is 28.7 Å². The monoisotopic (exact) mass is 498 g/mol. The first-order valence-corrected chi connectivity index (χ1v) is 12.0. The van der Waals surface area contributed by atoms with Crippen molar-refractivity contribution in [1.29, 1.82) is 0 Å². The number of benzene rings is 2. The van der Waals surface area contributed by atoms with E-state index in [-0.39, 0.29) is 11.6 Å². The van der Waals surface area contributed by atoms with Crippen LogP contribution < -0.4 is 14.8 Å². The lowest BCUT2D eigenvalue weighted by Gasteiger charge is -2.13. The Labute approximate surface area is 213 Å². The summed E-state index contributed by atoms with van der Waals surface area (Å²) in [6.45, 7) is 10.7.